The van der Waals surface area contributed by atoms with Gasteiger partial charge in [-0.2, -0.15) is 0 Å². The van der Waals surface area contributed by atoms with Crippen LogP contribution < -0.4 is 16.1 Å². The molecule has 1 aliphatic carbocycles. The van der Waals surface area contributed by atoms with E-state index >= 15 is 0 Å². The third-order valence-electron chi connectivity index (χ3n) is 5.48. The van der Waals surface area contributed by atoms with Gasteiger partial charge in [-0.3, -0.25) is 19.4 Å². The van der Waals surface area contributed by atoms with Crippen LogP contribution >= 0.6 is 0 Å². The highest BCUT2D eigenvalue weighted by molar-refractivity contribution is 5.99. The molecular weight excluding hydrogens is 380 g/mol. The third kappa shape index (κ3) is 5.55. The summed E-state index contributed by atoms with van der Waals surface area (Å²) in [4.78, 5) is 42.5. The van der Waals surface area contributed by atoms with Gasteiger partial charge in [-0.05, 0) is 44.7 Å². The van der Waals surface area contributed by atoms with E-state index in [1.54, 1.807) is 19.3 Å². The summed E-state index contributed by atoms with van der Waals surface area (Å²) >= 11 is 0. The van der Waals surface area contributed by atoms with Crippen molar-refractivity contribution in [2.24, 2.45) is 5.92 Å². The first kappa shape index (κ1) is 21.7. The smallest absolute Gasteiger partial charge is 0.257 e. The molecule has 0 aromatic carbocycles. The van der Waals surface area contributed by atoms with E-state index in [2.05, 4.69) is 15.6 Å². The van der Waals surface area contributed by atoms with Gasteiger partial charge in [0, 0.05) is 31.2 Å². The molecule has 0 atom stereocenters. The van der Waals surface area contributed by atoms with Crippen LogP contribution in [0.4, 0.5) is 0 Å². The zero-order chi connectivity index (χ0) is 21.5. The summed E-state index contributed by atoms with van der Waals surface area (Å²) < 4.78 is 1.84. The Hall–Kier alpha value is -2.96. The summed E-state index contributed by atoms with van der Waals surface area (Å²) in [6.07, 6.45) is 9.08. The fourth-order valence-corrected chi connectivity index (χ4v) is 3.95. The Morgan fingerprint density at radius 3 is 2.37 bits per heavy atom. The summed E-state index contributed by atoms with van der Waals surface area (Å²) in [5.74, 6) is -0.447. The molecule has 0 bridgehead atoms. The van der Waals surface area contributed by atoms with Gasteiger partial charge in [0.2, 0.25) is 5.43 Å². The number of hydrogen-bond acceptors (Lipinski definition) is 4. The maximum absolute atomic E-state index is 12.9. The lowest BCUT2D eigenvalue weighted by Gasteiger charge is -2.23. The second-order valence-electron chi connectivity index (χ2n) is 7.93. The number of carbonyl (C=O) groups excluding carboxylic acids is 2. The SMILES string of the molecule is CCNC(=O)c1cn(CC2CCCCC2)cc(C(=O)NCc2cccc(C)n2)c1=O. The molecule has 160 valence electrons. The minimum Gasteiger partial charge on any atom is -0.352 e. The summed E-state index contributed by atoms with van der Waals surface area (Å²) in [5, 5.41) is 5.44. The number of carbonyl (C=O) groups is 2. The Kier molecular flexibility index (Phi) is 7.38. The van der Waals surface area contributed by atoms with Crippen LogP contribution in [0.3, 0.4) is 0 Å². The van der Waals surface area contributed by atoms with Crippen molar-refractivity contribution in [2.75, 3.05) is 6.54 Å². The Morgan fingerprint density at radius 2 is 1.73 bits per heavy atom. The second kappa shape index (κ2) is 10.2. The Labute approximate surface area is 176 Å². The molecular formula is C23H30N4O3. The predicted octanol–water partition coefficient (Wildman–Crippen LogP) is 2.81. The summed E-state index contributed by atoms with van der Waals surface area (Å²) in [7, 11) is 0. The molecule has 1 saturated carbocycles. The molecule has 30 heavy (non-hydrogen) atoms. The molecule has 2 amide bonds. The van der Waals surface area contributed by atoms with Crippen molar-refractivity contribution in [1.29, 1.82) is 0 Å². The van der Waals surface area contributed by atoms with Gasteiger partial charge in [-0.1, -0.05) is 25.3 Å². The van der Waals surface area contributed by atoms with Crippen LogP contribution in [0.1, 0.15) is 71.1 Å². The van der Waals surface area contributed by atoms with Crippen molar-refractivity contribution in [1.82, 2.24) is 20.2 Å². The van der Waals surface area contributed by atoms with E-state index in [1.165, 1.54) is 19.3 Å². The lowest BCUT2D eigenvalue weighted by molar-refractivity contribution is 0.0948. The number of aromatic nitrogens is 2. The van der Waals surface area contributed by atoms with Crippen LogP contribution in [-0.2, 0) is 13.1 Å². The molecule has 7 nitrogen and oxygen atoms in total. The van der Waals surface area contributed by atoms with Crippen LogP contribution in [0.2, 0.25) is 0 Å². The first-order valence-electron chi connectivity index (χ1n) is 10.7. The summed E-state index contributed by atoms with van der Waals surface area (Å²) in [6, 6.07) is 5.57. The number of aryl methyl sites for hydroxylation is 1. The van der Waals surface area contributed by atoms with Gasteiger partial charge in [0.05, 0.1) is 12.2 Å². The minimum absolute atomic E-state index is 0.00832. The average molecular weight is 411 g/mol. The highest BCUT2D eigenvalue weighted by Crippen LogP contribution is 2.25. The highest BCUT2D eigenvalue weighted by atomic mass is 16.2. The first-order valence-corrected chi connectivity index (χ1v) is 10.7. The highest BCUT2D eigenvalue weighted by Gasteiger charge is 2.21. The normalized spacial score (nSPS) is 14.3. The number of nitrogens with zero attached hydrogens (tertiary/aromatic N) is 2. The first-order chi connectivity index (χ1) is 14.5. The lowest BCUT2D eigenvalue weighted by Crippen LogP contribution is -2.35. The maximum Gasteiger partial charge on any atom is 0.257 e. The van der Waals surface area contributed by atoms with Crippen molar-refractivity contribution in [3.8, 4) is 0 Å². The van der Waals surface area contributed by atoms with E-state index in [4.69, 9.17) is 0 Å². The molecule has 7 heteroatoms. The van der Waals surface area contributed by atoms with Gasteiger partial charge in [-0.25, -0.2) is 0 Å². The van der Waals surface area contributed by atoms with Gasteiger partial charge in [0.15, 0.2) is 0 Å². The summed E-state index contributed by atoms with van der Waals surface area (Å²) in [5.41, 5.74) is 1.02. The molecule has 3 rings (SSSR count). The Bertz CT molecular complexity index is 961. The zero-order valence-corrected chi connectivity index (χ0v) is 17.7. The molecule has 0 unspecified atom stereocenters. The van der Waals surface area contributed by atoms with E-state index in [0.29, 0.717) is 24.7 Å². The zero-order valence-electron chi connectivity index (χ0n) is 17.7. The van der Waals surface area contributed by atoms with Crippen LogP contribution in [0.15, 0.2) is 35.4 Å². The van der Waals surface area contributed by atoms with Gasteiger partial charge in [0.25, 0.3) is 11.8 Å². The van der Waals surface area contributed by atoms with E-state index in [0.717, 1.165) is 18.5 Å². The number of hydrogen-bond donors (Lipinski definition) is 2. The lowest BCUT2D eigenvalue weighted by atomic mass is 9.89. The Morgan fingerprint density at radius 1 is 1.07 bits per heavy atom. The third-order valence-corrected chi connectivity index (χ3v) is 5.48. The molecule has 2 heterocycles. The van der Waals surface area contributed by atoms with Gasteiger partial charge >= 0.3 is 0 Å². The van der Waals surface area contributed by atoms with Crippen molar-refractivity contribution in [3.63, 3.8) is 0 Å². The van der Waals surface area contributed by atoms with Crippen LogP contribution in [0.5, 0.6) is 0 Å². The number of rotatable bonds is 7. The monoisotopic (exact) mass is 410 g/mol. The standard InChI is InChI=1S/C23H30N4O3/c1-3-24-22(29)19-14-27(13-17-9-5-4-6-10-17)15-20(21(19)28)23(30)25-12-18-11-7-8-16(2)26-18/h7-8,11,14-15,17H,3-6,9-10,12-13H2,1-2H3,(H,24,29)(H,25,30). The van der Waals surface area contributed by atoms with Gasteiger partial charge in [0.1, 0.15) is 11.1 Å². The molecule has 2 aromatic rings. The predicted molar refractivity (Wildman–Crippen MR) is 115 cm³/mol. The fraction of sp³-hybridized carbons (Fsp3) is 0.478. The molecule has 1 aliphatic rings. The fourth-order valence-electron chi connectivity index (χ4n) is 3.95. The molecule has 0 spiro atoms. The molecule has 0 saturated heterocycles. The van der Waals surface area contributed by atoms with Crippen LogP contribution in [0.25, 0.3) is 0 Å². The van der Waals surface area contributed by atoms with E-state index < -0.39 is 17.2 Å². The Balaban J connectivity index is 1.85. The van der Waals surface area contributed by atoms with Gasteiger partial charge in [-0.15, -0.1) is 0 Å². The second-order valence-corrected chi connectivity index (χ2v) is 7.93. The number of amides is 2. The maximum atomic E-state index is 12.9. The molecule has 0 aliphatic heterocycles. The minimum atomic E-state index is -0.546. The largest absolute Gasteiger partial charge is 0.352 e. The van der Waals surface area contributed by atoms with Crippen LogP contribution in [0, 0.1) is 12.8 Å². The van der Waals surface area contributed by atoms with Crippen LogP contribution in [-0.4, -0.2) is 27.9 Å². The molecule has 1 fully saturated rings. The average Bonchev–Trinajstić information content (AvgIpc) is 2.74. The van der Waals surface area contributed by atoms with Crippen molar-refractivity contribution in [3.05, 3.63) is 63.3 Å². The van der Waals surface area contributed by atoms with Crippen molar-refractivity contribution in [2.45, 2.75) is 59.0 Å². The van der Waals surface area contributed by atoms with E-state index in [9.17, 15) is 14.4 Å². The van der Waals surface area contributed by atoms with Crippen molar-refractivity contribution < 1.29 is 9.59 Å². The van der Waals surface area contributed by atoms with Gasteiger partial charge < -0.3 is 15.2 Å². The topological polar surface area (TPSA) is 93.1 Å². The van der Waals surface area contributed by atoms with Crippen molar-refractivity contribution >= 4 is 11.8 Å². The number of nitrogens with one attached hydrogen (secondary N) is 2. The summed E-state index contributed by atoms with van der Waals surface area (Å²) in [6.45, 7) is 5.01. The van der Waals surface area contributed by atoms with E-state index in [1.807, 2.05) is 29.7 Å². The van der Waals surface area contributed by atoms with E-state index in [-0.39, 0.29) is 17.7 Å². The quantitative estimate of drug-likeness (QED) is 0.734. The number of pyridine rings is 2. The molecule has 2 aromatic heterocycles. The molecule has 0 radical (unpaired) electrons. The molecule has 2 N–H and O–H groups in total.